The van der Waals surface area contributed by atoms with Crippen LogP contribution in [0.15, 0.2) is 18.5 Å². The first-order valence-electron chi connectivity index (χ1n) is 9.42. The van der Waals surface area contributed by atoms with Gasteiger partial charge in [0.15, 0.2) is 0 Å². The van der Waals surface area contributed by atoms with Gasteiger partial charge in [-0.05, 0) is 37.1 Å². The average Bonchev–Trinajstić information content (AvgIpc) is 3.24. The summed E-state index contributed by atoms with van der Waals surface area (Å²) in [6.07, 6.45) is 6.75. The van der Waals surface area contributed by atoms with E-state index in [1.807, 2.05) is 31.0 Å². The topological polar surface area (TPSA) is 63.5 Å². The van der Waals surface area contributed by atoms with Gasteiger partial charge in [-0.1, -0.05) is 0 Å². The zero-order chi connectivity index (χ0) is 19.0. The highest BCUT2D eigenvalue weighted by Crippen LogP contribution is 2.36. The third-order valence-corrected chi connectivity index (χ3v) is 5.19. The van der Waals surface area contributed by atoms with Crippen molar-refractivity contribution in [1.29, 1.82) is 0 Å². The van der Waals surface area contributed by atoms with Crippen molar-refractivity contribution in [3.63, 3.8) is 0 Å². The summed E-state index contributed by atoms with van der Waals surface area (Å²) in [6.45, 7) is 7.27. The molecular weight excluding hydrogens is 342 g/mol. The highest BCUT2D eigenvalue weighted by molar-refractivity contribution is 5.91. The predicted molar refractivity (Wildman–Crippen MR) is 105 cm³/mol. The summed E-state index contributed by atoms with van der Waals surface area (Å²) >= 11 is 0. The standard InChI is InChI=1S/C20H25N5O2/c1-4-27-20(26)25-9-7-24(8-10-25)18-5-6-21-17-12-15(11-16(17)18)19-14(2)13-23(3)22-19/h5-6,11,13H,4,7-10,12H2,1-3H3. The second-order valence-electron chi connectivity index (χ2n) is 7.04. The van der Waals surface area contributed by atoms with Gasteiger partial charge in [-0.25, -0.2) is 4.79 Å². The molecule has 0 atom stereocenters. The van der Waals surface area contributed by atoms with E-state index in [4.69, 9.17) is 4.74 Å². The Balaban J connectivity index is 1.55. The minimum absolute atomic E-state index is 0.218. The summed E-state index contributed by atoms with van der Waals surface area (Å²) in [5, 5.41) is 4.61. The first kappa shape index (κ1) is 17.6. The number of piperazine rings is 1. The maximum atomic E-state index is 11.9. The third-order valence-electron chi connectivity index (χ3n) is 5.19. The lowest BCUT2D eigenvalue weighted by molar-refractivity contribution is 0.105. The number of hydrogen-bond donors (Lipinski definition) is 0. The maximum Gasteiger partial charge on any atom is 0.409 e. The Morgan fingerprint density at radius 3 is 2.70 bits per heavy atom. The second kappa shape index (κ2) is 7.06. The first-order valence-corrected chi connectivity index (χ1v) is 9.42. The molecule has 7 nitrogen and oxygen atoms in total. The molecule has 1 saturated heterocycles. The van der Waals surface area contributed by atoms with Crippen LogP contribution in [0.2, 0.25) is 0 Å². The molecule has 1 fully saturated rings. The number of aromatic nitrogens is 3. The lowest BCUT2D eigenvalue weighted by atomic mass is 10.1. The molecule has 1 aliphatic carbocycles. The van der Waals surface area contributed by atoms with Crippen LogP contribution in [0.3, 0.4) is 0 Å². The van der Waals surface area contributed by atoms with E-state index in [0.29, 0.717) is 19.7 Å². The third kappa shape index (κ3) is 3.29. The van der Waals surface area contributed by atoms with Crippen LogP contribution in [0.1, 0.15) is 29.4 Å². The molecule has 0 aromatic carbocycles. The largest absolute Gasteiger partial charge is 0.450 e. The number of amides is 1. The van der Waals surface area contributed by atoms with Crippen LogP contribution in [0.25, 0.3) is 11.6 Å². The minimum Gasteiger partial charge on any atom is -0.450 e. The van der Waals surface area contributed by atoms with E-state index in [-0.39, 0.29) is 6.09 Å². The molecule has 27 heavy (non-hydrogen) atoms. The molecule has 3 heterocycles. The lowest BCUT2D eigenvalue weighted by Gasteiger charge is -2.36. The Hall–Kier alpha value is -2.83. The highest BCUT2D eigenvalue weighted by Gasteiger charge is 2.26. The van der Waals surface area contributed by atoms with E-state index < -0.39 is 0 Å². The number of carbonyl (C=O) groups is 1. The number of pyridine rings is 1. The number of carbonyl (C=O) groups excluding carboxylic acids is 1. The summed E-state index contributed by atoms with van der Waals surface area (Å²) in [4.78, 5) is 20.6. The number of anilines is 1. The summed E-state index contributed by atoms with van der Waals surface area (Å²) in [7, 11) is 1.95. The Morgan fingerprint density at radius 2 is 2.04 bits per heavy atom. The van der Waals surface area contributed by atoms with E-state index in [2.05, 4.69) is 34.0 Å². The number of allylic oxidation sites excluding steroid dienone is 1. The molecule has 7 heteroatoms. The summed E-state index contributed by atoms with van der Waals surface area (Å²) < 4.78 is 6.97. The maximum absolute atomic E-state index is 11.9. The predicted octanol–water partition coefficient (Wildman–Crippen LogP) is 2.50. The molecule has 1 amide bonds. The van der Waals surface area contributed by atoms with Gasteiger partial charge in [0.2, 0.25) is 0 Å². The van der Waals surface area contributed by atoms with Crippen LogP contribution in [0, 0.1) is 6.92 Å². The van der Waals surface area contributed by atoms with Crippen LogP contribution < -0.4 is 4.90 Å². The fourth-order valence-electron chi connectivity index (χ4n) is 3.91. The minimum atomic E-state index is -0.218. The van der Waals surface area contributed by atoms with Gasteiger partial charge >= 0.3 is 6.09 Å². The normalized spacial score (nSPS) is 16.3. The molecule has 0 N–H and O–H groups in total. The Labute approximate surface area is 159 Å². The fourth-order valence-corrected chi connectivity index (χ4v) is 3.91. The SMILES string of the molecule is CCOC(=O)N1CCN(c2ccnc3c2C=C(c2nn(C)cc2C)C3)CC1. The number of rotatable bonds is 3. The molecule has 142 valence electrons. The van der Waals surface area contributed by atoms with Crippen LogP contribution >= 0.6 is 0 Å². The Kier molecular flexibility index (Phi) is 4.59. The molecule has 2 aliphatic rings. The second-order valence-corrected chi connectivity index (χ2v) is 7.04. The molecule has 4 rings (SSSR count). The Bertz CT molecular complexity index is 894. The van der Waals surface area contributed by atoms with Crippen molar-refractivity contribution in [2.45, 2.75) is 20.3 Å². The van der Waals surface area contributed by atoms with Crippen LogP contribution in [-0.2, 0) is 18.2 Å². The molecular formula is C20H25N5O2. The van der Waals surface area contributed by atoms with E-state index in [1.165, 1.54) is 22.4 Å². The van der Waals surface area contributed by atoms with Gasteiger partial charge < -0.3 is 14.5 Å². The van der Waals surface area contributed by atoms with Crippen molar-refractivity contribution in [2.24, 2.45) is 7.05 Å². The Morgan fingerprint density at radius 1 is 1.26 bits per heavy atom. The van der Waals surface area contributed by atoms with Gasteiger partial charge in [-0.3, -0.25) is 9.67 Å². The van der Waals surface area contributed by atoms with Crippen molar-refractivity contribution in [2.75, 3.05) is 37.7 Å². The number of hydrogen-bond acceptors (Lipinski definition) is 5. The van der Waals surface area contributed by atoms with E-state index in [1.54, 1.807) is 4.90 Å². The van der Waals surface area contributed by atoms with E-state index >= 15 is 0 Å². The van der Waals surface area contributed by atoms with Gasteiger partial charge in [0.25, 0.3) is 0 Å². The van der Waals surface area contributed by atoms with Crippen LogP contribution in [-0.4, -0.2) is 58.5 Å². The summed E-state index contributed by atoms with van der Waals surface area (Å²) in [5.74, 6) is 0. The number of aryl methyl sites for hydroxylation is 2. The summed E-state index contributed by atoms with van der Waals surface area (Å²) in [5.41, 5.74) is 6.91. The average molecular weight is 367 g/mol. The van der Waals surface area contributed by atoms with Crippen molar-refractivity contribution >= 4 is 23.4 Å². The van der Waals surface area contributed by atoms with Gasteiger partial charge in [0, 0.05) is 63.3 Å². The molecule has 0 spiro atoms. The number of fused-ring (bicyclic) bond motifs is 1. The zero-order valence-corrected chi connectivity index (χ0v) is 16.1. The van der Waals surface area contributed by atoms with Crippen molar-refractivity contribution in [3.8, 4) is 0 Å². The van der Waals surface area contributed by atoms with Crippen molar-refractivity contribution < 1.29 is 9.53 Å². The fraction of sp³-hybridized carbons (Fsp3) is 0.450. The zero-order valence-electron chi connectivity index (χ0n) is 16.1. The molecule has 2 aromatic heterocycles. The highest BCUT2D eigenvalue weighted by atomic mass is 16.6. The van der Waals surface area contributed by atoms with Crippen LogP contribution in [0.4, 0.5) is 10.5 Å². The van der Waals surface area contributed by atoms with Crippen molar-refractivity contribution in [3.05, 3.63) is 41.0 Å². The quantitative estimate of drug-likeness (QED) is 0.834. The van der Waals surface area contributed by atoms with Gasteiger partial charge in [0.1, 0.15) is 0 Å². The van der Waals surface area contributed by atoms with Crippen molar-refractivity contribution in [1.82, 2.24) is 19.7 Å². The molecule has 0 bridgehead atoms. The lowest BCUT2D eigenvalue weighted by Crippen LogP contribution is -2.49. The van der Waals surface area contributed by atoms with Gasteiger partial charge in [0.05, 0.1) is 18.0 Å². The van der Waals surface area contributed by atoms with Gasteiger partial charge in [-0.2, -0.15) is 5.10 Å². The van der Waals surface area contributed by atoms with Gasteiger partial charge in [-0.15, -0.1) is 0 Å². The number of ether oxygens (including phenoxy) is 1. The van der Waals surface area contributed by atoms with E-state index in [0.717, 1.165) is 30.9 Å². The molecule has 0 radical (unpaired) electrons. The smallest absolute Gasteiger partial charge is 0.409 e. The first-order chi connectivity index (χ1) is 13.1. The summed E-state index contributed by atoms with van der Waals surface area (Å²) in [6, 6.07) is 2.07. The monoisotopic (exact) mass is 367 g/mol. The van der Waals surface area contributed by atoms with E-state index in [9.17, 15) is 4.79 Å². The van der Waals surface area contributed by atoms with Crippen LogP contribution in [0.5, 0.6) is 0 Å². The number of nitrogens with zero attached hydrogens (tertiary/aromatic N) is 5. The molecule has 2 aromatic rings. The molecule has 0 unspecified atom stereocenters. The molecule has 1 aliphatic heterocycles. The molecule has 0 saturated carbocycles.